The van der Waals surface area contributed by atoms with Gasteiger partial charge in [-0.3, -0.25) is 0 Å². The van der Waals surface area contributed by atoms with Crippen molar-refractivity contribution in [2.45, 2.75) is 43.9 Å². The van der Waals surface area contributed by atoms with Crippen LogP contribution in [0.25, 0.3) is 0 Å². The van der Waals surface area contributed by atoms with Crippen LogP contribution in [0.15, 0.2) is 42.5 Å². The first kappa shape index (κ1) is 21.0. The van der Waals surface area contributed by atoms with Gasteiger partial charge in [-0.1, -0.05) is 35.9 Å². The monoisotopic (exact) mass is 410 g/mol. The van der Waals surface area contributed by atoms with Crippen molar-refractivity contribution in [2.75, 3.05) is 13.2 Å². The number of benzene rings is 2. The van der Waals surface area contributed by atoms with Crippen LogP contribution in [-0.4, -0.2) is 53.0 Å². The first-order valence-corrected chi connectivity index (χ1v) is 9.59. The van der Waals surface area contributed by atoms with Crippen LogP contribution in [0.4, 0.5) is 4.39 Å². The van der Waals surface area contributed by atoms with Gasteiger partial charge >= 0.3 is 0 Å². The fourth-order valence-electron chi connectivity index (χ4n) is 3.35. The van der Waals surface area contributed by atoms with Gasteiger partial charge in [-0.2, -0.15) is 0 Å². The van der Waals surface area contributed by atoms with Crippen molar-refractivity contribution in [2.24, 2.45) is 0 Å². The van der Waals surface area contributed by atoms with Gasteiger partial charge in [0.05, 0.1) is 13.2 Å². The molecule has 0 bridgehead atoms. The molecule has 0 amide bonds. The summed E-state index contributed by atoms with van der Waals surface area (Å²) in [4.78, 5) is 0. The molecular weight excluding hydrogens is 387 g/mol. The predicted octanol–water partition coefficient (Wildman–Crippen LogP) is 2.82. The second kappa shape index (κ2) is 9.20. The van der Waals surface area contributed by atoms with E-state index in [-0.39, 0.29) is 0 Å². The number of rotatable bonds is 6. The molecule has 0 spiro atoms. The molecule has 5 atom stereocenters. The van der Waals surface area contributed by atoms with Crippen LogP contribution in [0, 0.1) is 0 Å². The maximum Gasteiger partial charge on any atom is 0.157 e. The van der Waals surface area contributed by atoms with Crippen LogP contribution in [0.3, 0.4) is 0 Å². The molecule has 3 rings (SSSR count). The van der Waals surface area contributed by atoms with Crippen LogP contribution < -0.4 is 4.74 Å². The Morgan fingerprint density at radius 3 is 2.46 bits per heavy atom. The van der Waals surface area contributed by atoms with Crippen LogP contribution in [0.5, 0.6) is 5.75 Å². The highest BCUT2D eigenvalue weighted by molar-refractivity contribution is 6.31. The molecule has 1 fully saturated rings. The summed E-state index contributed by atoms with van der Waals surface area (Å²) in [7, 11) is 0. The van der Waals surface area contributed by atoms with E-state index in [0.717, 1.165) is 16.9 Å². The van der Waals surface area contributed by atoms with Gasteiger partial charge in [0.1, 0.15) is 30.2 Å². The second-order valence-corrected chi connectivity index (χ2v) is 7.22. The lowest BCUT2D eigenvalue weighted by atomic mass is 9.90. The molecule has 28 heavy (non-hydrogen) atoms. The summed E-state index contributed by atoms with van der Waals surface area (Å²) >= 11 is 6.33. The van der Waals surface area contributed by atoms with E-state index in [1.54, 1.807) is 18.2 Å². The van der Waals surface area contributed by atoms with Gasteiger partial charge in [-0.25, -0.2) is 4.39 Å². The SMILES string of the molecule is CCOc1ccc(Cc2cc([C@@H]3OC(CO)C(F)[C@H](O)C3O)ccc2Cl)cc1. The fourth-order valence-corrected chi connectivity index (χ4v) is 3.53. The number of aliphatic hydroxyl groups is 3. The van der Waals surface area contributed by atoms with Gasteiger partial charge in [-0.05, 0) is 48.2 Å². The molecular formula is C21H24ClFO5. The van der Waals surface area contributed by atoms with Gasteiger partial charge in [0.2, 0.25) is 0 Å². The Balaban J connectivity index is 1.82. The number of hydrogen-bond acceptors (Lipinski definition) is 5. The van der Waals surface area contributed by atoms with Gasteiger partial charge in [0.25, 0.3) is 0 Å². The summed E-state index contributed by atoms with van der Waals surface area (Å²) in [5.74, 6) is 0.787. The molecule has 7 heteroatoms. The van der Waals surface area contributed by atoms with E-state index >= 15 is 0 Å². The van der Waals surface area contributed by atoms with Crippen LogP contribution in [-0.2, 0) is 11.2 Å². The lowest BCUT2D eigenvalue weighted by Gasteiger charge is -2.39. The molecule has 1 aliphatic heterocycles. The van der Waals surface area contributed by atoms with Crippen LogP contribution in [0.2, 0.25) is 5.02 Å². The van der Waals surface area contributed by atoms with E-state index in [9.17, 15) is 19.7 Å². The Bertz CT molecular complexity index is 783. The minimum Gasteiger partial charge on any atom is -0.494 e. The lowest BCUT2D eigenvalue weighted by Crippen LogP contribution is -2.53. The Labute approximate surface area is 168 Å². The van der Waals surface area contributed by atoms with Crippen molar-refractivity contribution < 1.29 is 29.2 Å². The van der Waals surface area contributed by atoms with E-state index in [0.29, 0.717) is 23.6 Å². The Kier molecular flexibility index (Phi) is 6.91. The third-order valence-corrected chi connectivity index (χ3v) is 5.24. The molecule has 152 valence electrons. The minimum absolute atomic E-state index is 0.541. The molecule has 2 aromatic rings. The Morgan fingerprint density at radius 1 is 1.11 bits per heavy atom. The van der Waals surface area contributed by atoms with E-state index in [1.807, 2.05) is 31.2 Å². The number of alkyl halides is 1. The highest BCUT2D eigenvalue weighted by atomic mass is 35.5. The maximum atomic E-state index is 14.0. The van der Waals surface area contributed by atoms with Crippen molar-refractivity contribution in [3.05, 3.63) is 64.2 Å². The van der Waals surface area contributed by atoms with E-state index in [1.165, 1.54) is 0 Å². The average Bonchev–Trinajstić information content (AvgIpc) is 2.70. The molecule has 0 aromatic heterocycles. The zero-order valence-corrected chi connectivity index (χ0v) is 16.2. The Hall–Kier alpha value is -1.70. The van der Waals surface area contributed by atoms with E-state index in [2.05, 4.69) is 0 Å². The third kappa shape index (κ3) is 4.47. The molecule has 1 saturated heterocycles. The normalized spacial score (nSPS) is 27.6. The van der Waals surface area contributed by atoms with Crippen molar-refractivity contribution in [3.63, 3.8) is 0 Å². The largest absolute Gasteiger partial charge is 0.494 e. The summed E-state index contributed by atoms with van der Waals surface area (Å²) in [6.07, 6.45) is -6.56. The first-order valence-electron chi connectivity index (χ1n) is 9.21. The second-order valence-electron chi connectivity index (χ2n) is 6.81. The van der Waals surface area contributed by atoms with Gasteiger partial charge < -0.3 is 24.8 Å². The van der Waals surface area contributed by atoms with Gasteiger partial charge in [0.15, 0.2) is 6.17 Å². The summed E-state index contributed by atoms with van der Waals surface area (Å²) in [5, 5.41) is 30.1. The van der Waals surface area contributed by atoms with Crippen molar-refractivity contribution >= 4 is 11.6 Å². The summed E-state index contributed by atoms with van der Waals surface area (Å²) in [6.45, 7) is 1.93. The van der Waals surface area contributed by atoms with E-state index < -0.39 is 37.2 Å². The molecule has 3 unspecified atom stereocenters. The summed E-state index contributed by atoms with van der Waals surface area (Å²) in [6, 6.07) is 12.8. The number of ether oxygens (including phenoxy) is 2. The number of aliphatic hydroxyl groups excluding tert-OH is 3. The van der Waals surface area contributed by atoms with E-state index in [4.69, 9.17) is 21.1 Å². The highest BCUT2D eigenvalue weighted by Gasteiger charge is 2.45. The van der Waals surface area contributed by atoms with Crippen LogP contribution in [0.1, 0.15) is 29.7 Å². The third-order valence-electron chi connectivity index (χ3n) is 4.87. The van der Waals surface area contributed by atoms with Gasteiger partial charge in [-0.15, -0.1) is 0 Å². The van der Waals surface area contributed by atoms with Crippen molar-refractivity contribution in [1.29, 1.82) is 0 Å². The molecule has 2 aromatic carbocycles. The molecule has 1 aliphatic rings. The zero-order chi connectivity index (χ0) is 20.3. The summed E-state index contributed by atoms with van der Waals surface area (Å²) < 4.78 is 24.9. The van der Waals surface area contributed by atoms with Crippen LogP contribution >= 0.6 is 11.6 Å². The molecule has 3 N–H and O–H groups in total. The fraction of sp³-hybridized carbons (Fsp3) is 0.429. The highest BCUT2D eigenvalue weighted by Crippen LogP contribution is 2.35. The Morgan fingerprint density at radius 2 is 1.82 bits per heavy atom. The quantitative estimate of drug-likeness (QED) is 0.682. The molecule has 0 radical (unpaired) electrons. The molecule has 5 nitrogen and oxygen atoms in total. The topological polar surface area (TPSA) is 79.2 Å². The van der Waals surface area contributed by atoms with Gasteiger partial charge in [0, 0.05) is 5.02 Å². The lowest BCUT2D eigenvalue weighted by molar-refractivity contribution is -0.214. The van der Waals surface area contributed by atoms with Crippen molar-refractivity contribution in [1.82, 2.24) is 0 Å². The molecule has 0 aliphatic carbocycles. The number of halogens is 2. The minimum atomic E-state index is -1.85. The maximum absolute atomic E-state index is 14.0. The van der Waals surface area contributed by atoms with Crippen molar-refractivity contribution in [3.8, 4) is 5.75 Å². The first-order chi connectivity index (χ1) is 13.4. The smallest absolute Gasteiger partial charge is 0.157 e. The zero-order valence-electron chi connectivity index (χ0n) is 15.5. The standard InChI is InChI=1S/C21H24ClFO5/c1-2-27-15-6-3-12(4-7-15)9-14-10-13(5-8-16(14)22)21-20(26)19(25)18(23)17(11-24)28-21/h3-8,10,17-21,24-26H,2,9,11H2,1H3/t17?,18?,19-,20?,21-/m0/s1. The molecule has 1 heterocycles. The number of hydrogen-bond donors (Lipinski definition) is 3. The summed E-state index contributed by atoms with van der Waals surface area (Å²) in [5.41, 5.74) is 2.38. The molecule has 0 saturated carbocycles. The predicted molar refractivity (Wildman–Crippen MR) is 103 cm³/mol. The average molecular weight is 411 g/mol.